The van der Waals surface area contributed by atoms with Crippen LogP contribution in [-0.2, 0) is 19.0 Å². The van der Waals surface area contributed by atoms with Crippen LogP contribution in [0.2, 0.25) is 0 Å². The minimum Gasteiger partial charge on any atom is -0.463 e. The highest BCUT2D eigenvalue weighted by atomic mass is 16.8. The molecule has 0 aliphatic carbocycles. The zero-order chi connectivity index (χ0) is 18.2. The first-order valence-corrected chi connectivity index (χ1v) is 8.41. The largest absolute Gasteiger partial charge is 0.463 e. The maximum atomic E-state index is 11.6. The van der Waals surface area contributed by atoms with Crippen molar-refractivity contribution < 1.29 is 28.8 Å². The Morgan fingerprint density at radius 2 is 2.00 bits per heavy atom. The molecule has 2 N–H and O–H groups in total. The second-order valence-electron chi connectivity index (χ2n) is 6.98. The lowest BCUT2D eigenvalue weighted by Gasteiger charge is -2.49. The van der Waals surface area contributed by atoms with Gasteiger partial charge in [0.05, 0.1) is 6.61 Å². The second kappa shape index (κ2) is 6.92. The summed E-state index contributed by atoms with van der Waals surface area (Å²) in [6.07, 6.45) is -2.93. The van der Waals surface area contributed by atoms with Crippen LogP contribution < -0.4 is 10.1 Å². The molecule has 1 amide bonds. The lowest BCUT2D eigenvalue weighted by molar-refractivity contribution is -0.361. The summed E-state index contributed by atoms with van der Waals surface area (Å²) in [7, 11) is 0. The van der Waals surface area contributed by atoms with E-state index in [1.807, 2.05) is 31.2 Å². The number of nitrogens with one attached hydrogen (secondary N) is 1. The molecule has 0 spiro atoms. The number of aryl methyl sites for hydroxylation is 1. The minimum atomic E-state index is -0.985. The predicted octanol–water partition coefficient (Wildman–Crippen LogP) is 1.12. The van der Waals surface area contributed by atoms with E-state index < -0.39 is 36.4 Å². The van der Waals surface area contributed by atoms with E-state index in [-0.39, 0.29) is 12.5 Å². The van der Waals surface area contributed by atoms with Crippen LogP contribution >= 0.6 is 0 Å². The van der Waals surface area contributed by atoms with Gasteiger partial charge in [0.2, 0.25) is 12.2 Å². The lowest BCUT2D eigenvalue weighted by Crippen LogP contribution is -2.69. The summed E-state index contributed by atoms with van der Waals surface area (Å²) >= 11 is 0. The Balaban J connectivity index is 1.80. The summed E-state index contributed by atoms with van der Waals surface area (Å²) < 4.78 is 23.3. The van der Waals surface area contributed by atoms with Gasteiger partial charge in [-0.05, 0) is 32.9 Å². The molecule has 3 rings (SSSR count). The third kappa shape index (κ3) is 4.12. The molecule has 0 radical (unpaired) electrons. The summed E-state index contributed by atoms with van der Waals surface area (Å²) in [6.45, 7) is 7.19. The van der Waals surface area contributed by atoms with Gasteiger partial charge in [0.1, 0.15) is 30.1 Å². The van der Waals surface area contributed by atoms with Gasteiger partial charge in [0.15, 0.2) is 5.79 Å². The number of carbonyl (C=O) groups excluding carboxylic acids is 1. The van der Waals surface area contributed by atoms with Crippen molar-refractivity contribution in [2.24, 2.45) is 0 Å². The summed E-state index contributed by atoms with van der Waals surface area (Å²) in [5.74, 6) is -0.513. The normalized spacial score (nSPS) is 34.0. The summed E-state index contributed by atoms with van der Waals surface area (Å²) in [6, 6.07) is 6.71. The van der Waals surface area contributed by atoms with Crippen molar-refractivity contribution in [1.29, 1.82) is 0 Å². The molecule has 7 nitrogen and oxygen atoms in total. The molecule has 2 saturated heterocycles. The molecular formula is C18H25NO6. The Morgan fingerprint density at radius 1 is 1.32 bits per heavy atom. The molecule has 0 bridgehead atoms. The quantitative estimate of drug-likeness (QED) is 0.849. The van der Waals surface area contributed by atoms with Gasteiger partial charge in [-0.2, -0.15) is 0 Å². The van der Waals surface area contributed by atoms with Crippen LogP contribution in [0.15, 0.2) is 24.3 Å². The summed E-state index contributed by atoms with van der Waals surface area (Å²) in [5.41, 5.74) is 1.10. The average Bonchev–Trinajstić information content (AvgIpc) is 2.53. The molecule has 0 aromatic heterocycles. The monoisotopic (exact) mass is 351 g/mol. The van der Waals surface area contributed by atoms with Crippen LogP contribution in [0.5, 0.6) is 5.75 Å². The first-order chi connectivity index (χ1) is 11.7. The van der Waals surface area contributed by atoms with Gasteiger partial charge >= 0.3 is 0 Å². The molecule has 0 saturated carbocycles. The van der Waals surface area contributed by atoms with Crippen molar-refractivity contribution in [3.05, 3.63) is 29.8 Å². The van der Waals surface area contributed by atoms with Gasteiger partial charge in [-0.1, -0.05) is 17.7 Å². The Hall–Kier alpha value is -1.67. The zero-order valence-electron chi connectivity index (χ0n) is 14.9. The maximum Gasteiger partial charge on any atom is 0.223 e. The topological polar surface area (TPSA) is 86.3 Å². The van der Waals surface area contributed by atoms with Crippen LogP contribution in [0.25, 0.3) is 0 Å². The molecule has 7 heteroatoms. The molecular weight excluding hydrogens is 326 g/mol. The van der Waals surface area contributed by atoms with E-state index in [4.69, 9.17) is 18.9 Å². The smallest absolute Gasteiger partial charge is 0.223 e. The standard InChI is InChI=1S/C18H25NO6/c1-10-5-7-12(8-6-10)23-17-14(19-11(2)20)15(21)16-13(24-17)9-22-18(3,4)25-16/h5-8,13-17,21H,9H2,1-4H3,(H,19,20)/t13-,14+,15-,16+,17-/m1/s1. The molecule has 5 atom stereocenters. The fourth-order valence-corrected chi connectivity index (χ4v) is 3.08. The first-order valence-electron chi connectivity index (χ1n) is 8.41. The number of ether oxygens (including phenoxy) is 4. The number of aliphatic hydroxyl groups excluding tert-OH is 1. The van der Waals surface area contributed by atoms with Crippen molar-refractivity contribution in [3.63, 3.8) is 0 Å². The van der Waals surface area contributed by atoms with E-state index in [1.54, 1.807) is 13.8 Å². The van der Waals surface area contributed by atoms with Crippen LogP contribution in [0.4, 0.5) is 0 Å². The van der Waals surface area contributed by atoms with E-state index in [9.17, 15) is 9.90 Å². The number of carbonyl (C=O) groups is 1. The molecule has 1 aromatic carbocycles. The number of rotatable bonds is 3. The van der Waals surface area contributed by atoms with E-state index in [0.29, 0.717) is 5.75 Å². The zero-order valence-corrected chi connectivity index (χ0v) is 14.9. The van der Waals surface area contributed by atoms with Gasteiger partial charge in [-0.15, -0.1) is 0 Å². The summed E-state index contributed by atoms with van der Waals surface area (Å²) in [5, 5.41) is 13.5. The first kappa shape index (κ1) is 18.1. The lowest BCUT2D eigenvalue weighted by atomic mass is 9.95. The fourth-order valence-electron chi connectivity index (χ4n) is 3.08. The van der Waals surface area contributed by atoms with E-state index in [1.165, 1.54) is 6.92 Å². The molecule has 138 valence electrons. The Kier molecular flexibility index (Phi) is 5.02. The number of fused-ring (bicyclic) bond motifs is 1. The van der Waals surface area contributed by atoms with E-state index in [0.717, 1.165) is 5.56 Å². The van der Waals surface area contributed by atoms with Crippen LogP contribution in [0.1, 0.15) is 26.3 Å². The fraction of sp³-hybridized carbons (Fsp3) is 0.611. The Morgan fingerprint density at radius 3 is 2.64 bits per heavy atom. The van der Waals surface area contributed by atoms with Crippen LogP contribution in [0.3, 0.4) is 0 Å². The van der Waals surface area contributed by atoms with Crippen molar-refractivity contribution in [2.45, 2.75) is 64.1 Å². The van der Waals surface area contributed by atoms with Gasteiger partial charge in [-0.25, -0.2) is 0 Å². The number of amides is 1. The highest BCUT2D eigenvalue weighted by Crippen LogP contribution is 2.33. The Bertz CT molecular complexity index is 616. The third-order valence-corrected chi connectivity index (χ3v) is 4.33. The molecule has 2 heterocycles. The Labute approximate surface area is 147 Å². The highest BCUT2D eigenvalue weighted by Gasteiger charge is 2.52. The van der Waals surface area contributed by atoms with Gasteiger partial charge in [-0.3, -0.25) is 4.79 Å². The molecule has 2 aliphatic rings. The van der Waals surface area contributed by atoms with Crippen molar-refractivity contribution >= 4 is 5.91 Å². The van der Waals surface area contributed by atoms with Gasteiger partial charge in [0.25, 0.3) is 0 Å². The van der Waals surface area contributed by atoms with Crippen molar-refractivity contribution in [2.75, 3.05) is 6.61 Å². The van der Waals surface area contributed by atoms with E-state index in [2.05, 4.69) is 5.32 Å². The third-order valence-electron chi connectivity index (χ3n) is 4.33. The minimum absolute atomic E-state index is 0.273. The average molecular weight is 351 g/mol. The second-order valence-corrected chi connectivity index (χ2v) is 6.98. The number of benzene rings is 1. The SMILES string of the molecule is CC(=O)N[C@@H]1[C@H](Oc2ccc(C)cc2)O[C@@H]2COC(C)(C)O[C@@H]2[C@@H]1O. The van der Waals surface area contributed by atoms with Crippen LogP contribution in [0, 0.1) is 6.92 Å². The number of hydrogen-bond acceptors (Lipinski definition) is 6. The predicted molar refractivity (Wildman–Crippen MR) is 89.0 cm³/mol. The molecule has 0 unspecified atom stereocenters. The van der Waals surface area contributed by atoms with Crippen LogP contribution in [-0.4, -0.2) is 54.1 Å². The van der Waals surface area contributed by atoms with Crippen molar-refractivity contribution in [1.82, 2.24) is 5.32 Å². The number of aliphatic hydroxyl groups is 1. The number of hydrogen-bond donors (Lipinski definition) is 2. The molecule has 2 fully saturated rings. The summed E-state index contributed by atoms with van der Waals surface area (Å²) in [4.78, 5) is 11.6. The van der Waals surface area contributed by atoms with E-state index >= 15 is 0 Å². The molecule has 2 aliphatic heterocycles. The van der Waals surface area contributed by atoms with Gasteiger partial charge < -0.3 is 29.4 Å². The van der Waals surface area contributed by atoms with Crippen molar-refractivity contribution in [3.8, 4) is 5.75 Å². The molecule has 25 heavy (non-hydrogen) atoms. The van der Waals surface area contributed by atoms with Gasteiger partial charge in [0, 0.05) is 6.92 Å². The maximum absolute atomic E-state index is 11.6. The highest BCUT2D eigenvalue weighted by molar-refractivity contribution is 5.73. The molecule has 1 aromatic rings.